The quantitative estimate of drug-likeness (QED) is 0.760. The summed E-state index contributed by atoms with van der Waals surface area (Å²) in [6.07, 6.45) is 7.54. The van der Waals surface area contributed by atoms with Gasteiger partial charge in [-0.15, -0.1) is 0 Å². The minimum absolute atomic E-state index is 0.0284. The predicted octanol–water partition coefficient (Wildman–Crippen LogP) is 1.37. The van der Waals surface area contributed by atoms with Crippen LogP contribution in [0.25, 0.3) is 0 Å². The molecule has 16 heavy (non-hydrogen) atoms. The van der Waals surface area contributed by atoms with E-state index in [1.165, 1.54) is 25.7 Å². The van der Waals surface area contributed by atoms with E-state index >= 15 is 0 Å². The maximum absolute atomic E-state index is 9.68. The van der Waals surface area contributed by atoms with Crippen molar-refractivity contribution >= 4 is 0 Å². The first-order chi connectivity index (χ1) is 7.78. The van der Waals surface area contributed by atoms with Gasteiger partial charge in [-0.3, -0.25) is 0 Å². The molecule has 1 saturated heterocycles. The molecule has 2 N–H and O–H groups in total. The van der Waals surface area contributed by atoms with Gasteiger partial charge in [-0.1, -0.05) is 19.8 Å². The van der Waals surface area contributed by atoms with Crippen LogP contribution < -0.4 is 5.32 Å². The van der Waals surface area contributed by atoms with Crippen molar-refractivity contribution in [2.75, 3.05) is 26.2 Å². The van der Waals surface area contributed by atoms with Crippen LogP contribution >= 0.6 is 0 Å². The van der Waals surface area contributed by atoms with Crippen molar-refractivity contribution in [3.8, 4) is 0 Å². The number of nitrogens with zero attached hydrogens (tertiary/aromatic N) is 1. The molecular weight excluding hydrogens is 200 g/mol. The predicted molar refractivity (Wildman–Crippen MR) is 66.6 cm³/mol. The van der Waals surface area contributed by atoms with Gasteiger partial charge in [-0.25, -0.2) is 0 Å². The van der Waals surface area contributed by atoms with E-state index in [1.807, 2.05) is 0 Å². The molecule has 2 aliphatic rings. The molecule has 0 aromatic heterocycles. The summed E-state index contributed by atoms with van der Waals surface area (Å²) >= 11 is 0. The van der Waals surface area contributed by atoms with Crippen LogP contribution in [-0.4, -0.2) is 47.8 Å². The Hall–Kier alpha value is -0.120. The van der Waals surface area contributed by atoms with Crippen molar-refractivity contribution < 1.29 is 5.11 Å². The highest BCUT2D eigenvalue weighted by Crippen LogP contribution is 2.26. The normalized spacial score (nSPS) is 27.4. The maximum Gasteiger partial charge on any atom is 0.0614 e. The number of likely N-dealkylation sites (tertiary alicyclic amines) is 1. The summed E-state index contributed by atoms with van der Waals surface area (Å²) in [6.45, 7) is 5.94. The first kappa shape index (κ1) is 12.3. The zero-order valence-electron chi connectivity index (χ0n) is 10.5. The Balaban J connectivity index is 1.87. The summed E-state index contributed by atoms with van der Waals surface area (Å²) in [4.78, 5) is 2.48. The summed E-state index contributed by atoms with van der Waals surface area (Å²) in [5, 5.41) is 13.4. The van der Waals surface area contributed by atoms with Gasteiger partial charge in [-0.2, -0.15) is 0 Å². The molecule has 0 atom stereocenters. The first-order valence-electron chi connectivity index (χ1n) is 6.89. The molecule has 0 bridgehead atoms. The van der Waals surface area contributed by atoms with Crippen molar-refractivity contribution in [3.63, 3.8) is 0 Å². The number of aliphatic hydroxyl groups is 1. The molecule has 1 heterocycles. The van der Waals surface area contributed by atoms with Crippen LogP contribution in [0.3, 0.4) is 0 Å². The Morgan fingerprint density at radius 3 is 2.38 bits per heavy atom. The van der Waals surface area contributed by atoms with Crippen molar-refractivity contribution in [1.82, 2.24) is 10.2 Å². The fourth-order valence-electron chi connectivity index (χ4n) is 3.15. The highest BCUT2D eigenvalue weighted by atomic mass is 16.3. The summed E-state index contributed by atoms with van der Waals surface area (Å²) in [6, 6.07) is 0.667. The summed E-state index contributed by atoms with van der Waals surface area (Å²) < 4.78 is 0. The molecule has 3 heteroatoms. The first-order valence-corrected chi connectivity index (χ1v) is 6.89. The van der Waals surface area contributed by atoms with E-state index in [9.17, 15) is 5.11 Å². The number of aliphatic hydroxyl groups excluding tert-OH is 1. The molecule has 0 spiro atoms. The Kier molecular flexibility index (Phi) is 4.22. The molecule has 2 rings (SSSR count). The third-order valence-corrected chi connectivity index (χ3v) is 4.43. The van der Waals surface area contributed by atoms with Gasteiger partial charge < -0.3 is 15.3 Å². The van der Waals surface area contributed by atoms with E-state index in [0.29, 0.717) is 12.6 Å². The number of hydrogen-bond acceptors (Lipinski definition) is 3. The molecule has 1 saturated carbocycles. The lowest BCUT2D eigenvalue weighted by Crippen LogP contribution is -2.58. The minimum atomic E-state index is 0.0284. The smallest absolute Gasteiger partial charge is 0.0614 e. The van der Waals surface area contributed by atoms with Gasteiger partial charge in [0.05, 0.1) is 6.61 Å². The second-order valence-corrected chi connectivity index (χ2v) is 5.50. The molecule has 3 nitrogen and oxygen atoms in total. The van der Waals surface area contributed by atoms with Crippen molar-refractivity contribution in [2.24, 2.45) is 0 Å². The van der Waals surface area contributed by atoms with E-state index in [4.69, 9.17) is 0 Å². The lowest BCUT2D eigenvalue weighted by atomic mass is 9.87. The van der Waals surface area contributed by atoms with E-state index in [1.54, 1.807) is 0 Å². The summed E-state index contributed by atoms with van der Waals surface area (Å²) in [7, 11) is 0. The van der Waals surface area contributed by atoms with Crippen LogP contribution in [0.2, 0.25) is 0 Å². The third kappa shape index (κ3) is 2.76. The highest BCUT2D eigenvalue weighted by molar-refractivity contribution is 4.95. The lowest BCUT2D eigenvalue weighted by molar-refractivity contribution is 0.0721. The fraction of sp³-hybridized carbons (Fsp3) is 1.00. The van der Waals surface area contributed by atoms with E-state index < -0.39 is 0 Å². The van der Waals surface area contributed by atoms with Crippen LogP contribution in [0.5, 0.6) is 0 Å². The third-order valence-electron chi connectivity index (χ3n) is 4.43. The molecule has 0 radical (unpaired) electrons. The molecule has 0 unspecified atom stereocenters. The van der Waals surface area contributed by atoms with Crippen molar-refractivity contribution in [1.29, 1.82) is 0 Å². The summed E-state index contributed by atoms with van der Waals surface area (Å²) in [5.74, 6) is 0. The van der Waals surface area contributed by atoms with E-state index in [0.717, 1.165) is 32.5 Å². The number of nitrogens with one attached hydrogen (secondary N) is 1. The Morgan fingerprint density at radius 2 is 1.88 bits per heavy atom. The number of piperidine rings is 1. The Bertz CT molecular complexity index is 206. The van der Waals surface area contributed by atoms with E-state index in [2.05, 4.69) is 17.1 Å². The van der Waals surface area contributed by atoms with Crippen LogP contribution in [0.1, 0.15) is 45.4 Å². The zero-order chi connectivity index (χ0) is 11.4. The molecular formula is C13H26N2O. The van der Waals surface area contributed by atoms with E-state index in [-0.39, 0.29) is 5.54 Å². The average Bonchev–Trinajstić information content (AvgIpc) is 2.83. The SMILES string of the molecule is CCN1CCC(CO)(NC2CCCC2)CC1. The molecule has 1 aliphatic carbocycles. The van der Waals surface area contributed by atoms with Gasteiger partial charge in [0.25, 0.3) is 0 Å². The lowest BCUT2D eigenvalue weighted by Gasteiger charge is -2.42. The molecule has 94 valence electrons. The minimum Gasteiger partial charge on any atom is -0.394 e. The van der Waals surface area contributed by atoms with Crippen molar-refractivity contribution in [2.45, 2.75) is 57.0 Å². The number of rotatable bonds is 4. The molecule has 0 aromatic rings. The van der Waals surface area contributed by atoms with Crippen LogP contribution in [0.15, 0.2) is 0 Å². The molecule has 0 aromatic carbocycles. The van der Waals surface area contributed by atoms with Gasteiger partial charge in [0.2, 0.25) is 0 Å². The Morgan fingerprint density at radius 1 is 1.25 bits per heavy atom. The average molecular weight is 226 g/mol. The Labute approximate surface area is 99.2 Å². The van der Waals surface area contributed by atoms with Crippen molar-refractivity contribution in [3.05, 3.63) is 0 Å². The molecule has 1 aliphatic heterocycles. The van der Waals surface area contributed by atoms with Crippen LogP contribution in [0.4, 0.5) is 0 Å². The monoisotopic (exact) mass is 226 g/mol. The fourth-order valence-corrected chi connectivity index (χ4v) is 3.15. The summed E-state index contributed by atoms with van der Waals surface area (Å²) in [5.41, 5.74) is 0.0284. The van der Waals surface area contributed by atoms with Gasteiger partial charge in [0, 0.05) is 11.6 Å². The van der Waals surface area contributed by atoms with Gasteiger partial charge in [0.15, 0.2) is 0 Å². The van der Waals surface area contributed by atoms with Gasteiger partial charge >= 0.3 is 0 Å². The standard InChI is InChI=1S/C13H26N2O/c1-2-15-9-7-13(11-16,8-10-15)14-12-5-3-4-6-12/h12,14,16H,2-11H2,1H3. The van der Waals surface area contributed by atoms with Crippen LogP contribution in [-0.2, 0) is 0 Å². The second kappa shape index (κ2) is 5.48. The van der Waals surface area contributed by atoms with Gasteiger partial charge in [0.1, 0.15) is 0 Å². The van der Waals surface area contributed by atoms with Crippen LogP contribution in [0, 0.1) is 0 Å². The number of hydrogen-bond donors (Lipinski definition) is 2. The zero-order valence-corrected chi connectivity index (χ0v) is 10.5. The second-order valence-electron chi connectivity index (χ2n) is 5.50. The molecule has 2 fully saturated rings. The largest absolute Gasteiger partial charge is 0.394 e. The topological polar surface area (TPSA) is 35.5 Å². The van der Waals surface area contributed by atoms with Gasteiger partial charge in [-0.05, 0) is 45.3 Å². The molecule has 0 amide bonds. The highest BCUT2D eigenvalue weighted by Gasteiger charge is 2.35. The maximum atomic E-state index is 9.68.